The summed E-state index contributed by atoms with van der Waals surface area (Å²) < 4.78 is 52.9. The molecule has 0 saturated heterocycles. The van der Waals surface area contributed by atoms with Crippen molar-refractivity contribution in [3.05, 3.63) is 17.6 Å². The lowest BCUT2D eigenvalue weighted by Crippen LogP contribution is -2.45. The van der Waals surface area contributed by atoms with Gasteiger partial charge in [-0.1, -0.05) is 0 Å². The number of esters is 1. The van der Waals surface area contributed by atoms with Crippen LogP contribution in [0.15, 0.2) is 6.20 Å². The van der Waals surface area contributed by atoms with Gasteiger partial charge in [0.25, 0.3) is 0 Å². The van der Waals surface area contributed by atoms with Crippen molar-refractivity contribution in [1.29, 1.82) is 0 Å². The molecule has 0 fully saturated rings. The molecule has 0 N–H and O–H groups in total. The molecule has 9 nitrogen and oxygen atoms in total. The predicted octanol–water partition coefficient (Wildman–Crippen LogP) is 4.04. The molecule has 0 spiro atoms. The Balaban J connectivity index is 3.58. The Hall–Kier alpha value is -2.92. The second-order valence-electron chi connectivity index (χ2n) is 8.11. The number of imide groups is 1. The summed E-state index contributed by atoms with van der Waals surface area (Å²) in [4.78, 5) is 45.0. The summed E-state index contributed by atoms with van der Waals surface area (Å²) in [6, 6.07) is 0. The van der Waals surface area contributed by atoms with Crippen molar-refractivity contribution in [3.63, 3.8) is 0 Å². The van der Waals surface area contributed by atoms with Gasteiger partial charge in [0, 0.05) is 0 Å². The largest absolute Gasteiger partial charge is 0.464 e. The van der Waals surface area contributed by atoms with Crippen LogP contribution in [0, 0.1) is 0 Å². The van der Waals surface area contributed by atoms with Gasteiger partial charge >= 0.3 is 24.3 Å². The summed E-state index contributed by atoms with van der Waals surface area (Å²) in [5, 5.41) is 0. The van der Waals surface area contributed by atoms with Gasteiger partial charge in [-0.25, -0.2) is 24.4 Å². The molecule has 0 aromatic carbocycles. The molecule has 0 aliphatic heterocycles. The summed E-state index contributed by atoms with van der Waals surface area (Å²) in [5.74, 6) is -1.89. The van der Waals surface area contributed by atoms with Crippen molar-refractivity contribution < 1.29 is 41.8 Å². The fourth-order valence-electron chi connectivity index (χ4n) is 1.97. The van der Waals surface area contributed by atoms with Crippen molar-refractivity contribution in [2.45, 2.75) is 65.3 Å². The minimum atomic E-state index is -4.63. The van der Waals surface area contributed by atoms with Crippen molar-refractivity contribution in [2.24, 2.45) is 0 Å². The average molecular weight is 435 g/mol. The predicted molar refractivity (Wildman–Crippen MR) is 98.1 cm³/mol. The molecule has 1 aromatic heterocycles. The SMILES string of the molecule is COC(=O)c1nc(CC(F)(F)F)cnc1N(C(=O)OC(C)(C)C)C(=O)OC(C)(C)C. The lowest BCUT2D eigenvalue weighted by Gasteiger charge is -2.28. The van der Waals surface area contributed by atoms with Crippen LogP contribution in [0.2, 0.25) is 0 Å². The first-order valence-corrected chi connectivity index (χ1v) is 8.70. The Morgan fingerprint density at radius 3 is 1.80 bits per heavy atom. The van der Waals surface area contributed by atoms with E-state index < -0.39 is 59.2 Å². The summed E-state index contributed by atoms with van der Waals surface area (Å²) >= 11 is 0. The fraction of sp³-hybridized carbons (Fsp3) is 0.611. The van der Waals surface area contributed by atoms with Crippen molar-refractivity contribution >= 4 is 24.0 Å². The molecule has 0 aliphatic rings. The molecule has 1 heterocycles. The summed E-state index contributed by atoms with van der Waals surface area (Å²) in [6.45, 7) is 9.15. The lowest BCUT2D eigenvalue weighted by molar-refractivity contribution is -0.127. The molecule has 0 aliphatic carbocycles. The molecule has 0 bridgehead atoms. The second kappa shape index (κ2) is 8.84. The number of alkyl halides is 3. The van der Waals surface area contributed by atoms with Gasteiger partial charge in [0.15, 0.2) is 11.5 Å². The number of halogens is 3. The number of amides is 2. The van der Waals surface area contributed by atoms with E-state index in [4.69, 9.17) is 9.47 Å². The van der Waals surface area contributed by atoms with E-state index in [0.717, 1.165) is 7.11 Å². The topological polar surface area (TPSA) is 108 Å². The number of hydrogen-bond donors (Lipinski definition) is 0. The Morgan fingerprint density at radius 1 is 0.967 bits per heavy atom. The highest BCUT2D eigenvalue weighted by molar-refractivity contribution is 6.11. The minimum absolute atomic E-state index is 0.285. The molecule has 0 unspecified atom stereocenters. The number of aromatic nitrogens is 2. The van der Waals surface area contributed by atoms with E-state index in [1.54, 1.807) is 0 Å². The number of carbonyl (C=O) groups is 3. The van der Waals surface area contributed by atoms with Crippen LogP contribution in [-0.4, -0.2) is 52.6 Å². The zero-order valence-corrected chi connectivity index (χ0v) is 17.7. The van der Waals surface area contributed by atoms with Crippen molar-refractivity contribution in [1.82, 2.24) is 9.97 Å². The van der Waals surface area contributed by atoms with Crippen molar-refractivity contribution in [2.75, 3.05) is 12.0 Å². The maximum atomic E-state index is 12.7. The number of carbonyl (C=O) groups excluding carboxylic acids is 3. The van der Waals surface area contributed by atoms with E-state index in [0.29, 0.717) is 6.20 Å². The van der Waals surface area contributed by atoms with Gasteiger partial charge < -0.3 is 14.2 Å². The zero-order valence-electron chi connectivity index (χ0n) is 17.7. The molecule has 12 heteroatoms. The highest BCUT2D eigenvalue weighted by Crippen LogP contribution is 2.26. The molecular formula is C18H24F3N3O6. The van der Waals surface area contributed by atoms with Gasteiger partial charge in [-0.3, -0.25) is 0 Å². The monoisotopic (exact) mass is 435 g/mol. The Labute approximate surface area is 171 Å². The first-order valence-electron chi connectivity index (χ1n) is 8.70. The maximum Gasteiger partial charge on any atom is 0.425 e. The van der Waals surface area contributed by atoms with Gasteiger partial charge in [-0.05, 0) is 41.5 Å². The van der Waals surface area contributed by atoms with E-state index in [2.05, 4.69) is 14.7 Å². The van der Waals surface area contributed by atoms with E-state index in [-0.39, 0.29) is 4.90 Å². The summed E-state index contributed by atoms with van der Waals surface area (Å²) in [7, 11) is 0.954. The van der Waals surface area contributed by atoms with Gasteiger partial charge in [0.05, 0.1) is 25.4 Å². The summed E-state index contributed by atoms with van der Waals surface area (Å²) in [6.07, 6.45) is -7.95. The Bertz CT molecular complexity index is 785. The van der Waals surface area contributed by atoms with Crippen LogP contribution in [0.4, 0.5) is 28.6 Å². The van der Waals surface area contributed by atoms with Crippen LogP contribution in [0.5, 0.6) is 0 Å². The number of rotatable bonds is 3. The van der Waals surface area contributed by atoms with Crippen LogP contribution in [0.25, 0.3) is 0 Å². The molecule has 1 aromatic rings. The van der Waals surface area contributed by atoms with E-state index in [9.17, 15) is 27.6 Å². The first kappa shape index (κ1) is 25.1. The molecule has 30 heavy (non-hydrogen) atoms. The lowest BCUT2D eigenvalue weighted by atomic mass is 10.2. The van der Waals surface area contributed by atoms with E-state index in [1.807, 2.05) is 0 Å². The van der Waals surface area contributed by atoms with Crippen LogP contribution in [0.3, 0.4) is 0 Å². The Kier molecular flexibility index (Phi) is 7.40. The molecule has 168 valence electrons. The summed E-state index contributed by atoms with van der Waals surface area (Å²) in [5.41, 5.74) is -3.49. The quantitative estimate of drug-likeness (QED) is 0.517. The van der Waals surface area contributed by atoms with Gasteiger partial charge in [0.2, 0.25) is 0 Å². The molecule has 1 rings (SSSR count). The Morgan fingerprint density at radius 2 is 1.43 bits per heavy atom. The third-order valence-corrected chi connectivity index (χ3v) is 2.93. The maximum absolute atomic E-state index is 12.7. The van der Waals surface area contributed by atoms with Crippen LogP contribution < -0.4 is 4.90 Å². The van der Waals surface area contributed by atoms with Crippen molar-refractivity contribution in [3.8, 4) is 0 Å². The molecule has 0 saturated carbocycles. The molecule has 2 amide bonds. The fourth-order valence-corrected chi connectivity index (χ4v) is 1.97. The smallest absolute Gasteiger partial charge is 0.425 e. The van der Waals surface area contributed by atoms with Gasteiger partial charge in [0.1, 0.15) is 11.2 Å². The number of anilines is 1. The number of nitrogens with zero attached hydrogens (tertiary/aromatic N) is 3. The van der Waals surface area contributed by atoms with Crippen LogP contribution in [0.1, 0.15) is 57.7 Å². The zero-order chi connectivity index (χ0) is 23.5. The van der Waals surface area contributed by atoms with Crippen LogP contribution >= 0.6 is 0 Å². The van der Waals surface area contributed by atoms with E-state index >= 15 is 0 Å². The molecular weight excluding hydrogens is 411 g/mol. The third-order valence-electron chi connectivity index (χ3n) is 2.93. The highest BCUT2D eigenvalue weighted by Gasteiger charge is 2.38. The molecule has 0 radical (unpaired) electrons. The number of methoxy groups -OCH3 is 1. The second-order valence-corrected chi connectivity index (χ2v) is 8.11. The standard InChI is InChI=1S/C18H24F3N3O6/c1-16(2,3)29-14(26)24(15(27)30-17(4,5)6)12-11(13(25)28-7)23-10(9-22-12)8-18(19,20)21/h9H,8H2,1-7H3. The third kappa shape index (κ3) is 7.84. The van der Waals surface area contributed by atoms with Crippen LogP contribution in [-0.2, 0) is 20.6 Å². The number of ether oxygens (including phenoxy) is 3. The first-order chi connectivity index (χ1) is 13.4. The average Bonchev–Trinajstić information content (AvgIpc) is 2.50. The van der Waals surface area contributed by atoms with E-state index in [1.165, 1.54) is 41.5 Å². The molecule has 0 atom stereocenters. The van der Waals surface area contributed by atoms with Gasteiger partial charge in [-0.15, -0.1) is 0 Å². The highest BCUT2D eigenvalue weighted by atomic mass is 19.4. The number of hydrogen-bond acceptors (Lipinski definition) is 8. The normalized spacial score (nSPS) is 12.2. The minimum Gasteiger partial charge on any atom is -0.464 e. The van der Waals surface area contributed by atoms with Gasteiger partial charge in [-0.2, -0.15) is 18.1 Å².